The molecule has 0 spiro atoms. The third-order valence-corrected chi connectivity index (χ3v) is 2.27. The van der Waals surface area contributed by atoms with Gasteiger partial charge in [0.05, 0.1) is 0 Å². The summed E-state index contributed by atoms with van der Waals surface area (Å²) in [4.78, 5) is 0. The molecule has 1 aromatic carbocycles. The average Bonchev–Trinajstić information content (AvgIpc) is 2.23. The van der Waals surface area contributed by atoms with E-state index in [2.05, 4.69) is 11.2 Å². The highest BCUT2D eigenvalue weighted by molar-refractivity contribution is 6.30. The molecule has 0 aliphatic carbocycles. The van der Waals surface area contributed by atoms with Gasteiger partial charge in [-0.15, -0.1) is 12.3 Å². The zero-order valence-corrected chi connectivity index (χ0v) is 9.22. The summed E-state index contributed by atoms with van der Waals surface area (Å²) in [6.45, 7) is 1.45. The van der Waals surface area contributed by atoms with Gasteiger partial charge in [0.2, 0.25) is 0 Å². The predicted octanol–water partition coefficient (Wildman–Crippen LogP) is 2.55. The van der Waals surface area contributed by atoms with Gasteiger partial charge in [0.15, 0.2) is 0 Å². The maximum atomic E-state index is 9.51. The van der Waals surface area contributed by atoms with Crippen molar-refractivity contribution in [3.05, 3.63) is 28.8 Å². The molecule has 0 fully saturated rings. The van der Waals surface area contributed by atoms with E-state index in [0.29, 0.717) is 11.6 Å². The monoisotopic (exact) mass is 223 g/mol. The number of halogens is 1. The van der Waals surface area contributed by atoms with Crippen molar-refractivity contribution in [2.24, 2.45) is 0 Å². The van der Waals surface area contributed by atoms with Crippen LogP contribution in [0, 0.1) is 12.3 Å². The van der Waals surface area contributed by atoms with E-state index in [0.717, 1.165) is 24.9 Å². The molecule has 0 amide bonds. The lowest BCUT2D eigenvalue weighted by molar-refractivity contribution is 0.464. The lowest BCUT2D eigenvalue weighted by Crippen LogP contribution is -2.14. The molecule has 80 valence electrons. The highest BCUT2D eigenvalue weighted by Gasteiger charge is 2.00. The Bertz CT molecular complexity index is 357. The summed E-state index contributed by atoms with van der Waals surface area (Å²) >= 11 is 5.81. The van der Waals surface area contributed by atoms with Crippen molar-refractivity contribution in [2.45, 2.75) is 19.4 Å². The highest BCUT2D eigenvalue weighted by atomic mass is 35.5. The number of benzene rings is 1. The molecule has 3 heteroatoms. The van der Waals surface area contributed by atoms with Gasteiger partial charge in [-0.25, -0.2) is 0 Å². The summed E-state index contributed by atoms with van der Waals surface area (Å²) in [6, 6.07) is 5.02. The van der Waals surface area contributed by atoms with Crippen molar-refractivity contribution in [3.63, 3.8) is 0 Å². The minimum Gasteiger partial charge on any atom is -0.508 e. The van der Waals surface area contributed by atoms with E-state index in [-0.39, 0.29) is 5.75 Å². The quantitative estimate of drug-likeness (QED) is 0.594. The lowest BCUT2D eigenvalue weighted by Gasteiger charge is -2.06. The van der Waals surface area contributed by atoms with Crippen molar-refractivity contribution in [3.8, 4) is 18.1 Å². The number of terminal acetylenes is 1. The predicted molar refractivity (Wildman–Crippen MR) is 62.9 cm³/mol. The average molecular weight is 224 g/mol. The van der Waals surface area contributed by atoms with E-state index < -0.39 is 0 Å². The van der Waals surface area contributed by atoms with Crippen LogP contribution >= 0.6 is 11.6 Å². The van der Waals surface area contributed by atoms with E-state index in [1.165, 1.54) is 0 Å². The van der Waals surface area contributed by atoms with E-state index in [4.69, 9.17) is 18.0 Å². The molecule has 0 aliphatic heterocycles. The van der Waals surface area contributed by atoms with Crippen molar-refractivity contribution >= 4 is 11.6 Å². The van der Waals surface area contributed by atoms with Crippen LogP contribution in [0.4, 0.5) is 0 Å². The van der Waals surface area contributed by atoms with Gasteiger partial charge in [-0.3, -0.25) is 0 Å². The maximum absolute atomic E-state index is 9.51. The Morgan fingerprint density at radius 3 is 3.00 bits per heavy atom. The molecule has 0 saturated heterocycles. The van der Waals surface area contributed by atoms with Gasteiger partial charge in [0.1, 0.15) is 5.75 Å². The smallest absolute Gasteiger partial charge is 0.120 e. The molecule has 0 aliphatic rings. The van der Waals surface area contributed by atoms with Gasteiger partial charge in [0.25, 0.3) is 0 Å². The first-order valence-electron chi connectivity index (χ1n) is 4.85. The summed E-state index contributed by atoms with van der Waals surface area (Å²) in [5.74, 6) is 2.84. The normalized spacial score (nSPS) is 9.87. The van der Waals surface area contributed by atoms with E-state index >= 15 is 0 Å². The Balaban J connectivity index is 2.37. The Hall–Kier alpha value is -1.17. The molecular formula is C12H14ClNO. The molecule has 0 atom stereocenters. The Morgan fingerprint density at radius 2 is 2.27 bits per heavy atom. The van der Waals surface area contributed by atoms with Gasteiger partial charge >= 0.3 is 0 Å². The fourth-order valence-corrected chi connectivity index (χ4v) is 1.43. The van der Waals surface area contributed by atoms with E-state index in [9.17, 15) is 5.11 Å². The van der Waals surface area contributed by atoms with Crippen molar-refractivity contribution in [1.82, 2.24) is 5.32 Å². The molecule has 0 heterocycles. The maximum Gasteiger partial charge on any atom is 0.120 e. The van der Waals surface area contributed by atoms with Gasteiger partial charge in [-0.2, -0.15) is 0 Å². The number of nitrogens with one attached hydrogen (secondary N) is 1. The van der Waals surface area contributed by atoms with Crippen LogP contribution in [0.3, 0.4) is 0 Å². The molecule has 1 aromatic rings. The van der Waals surface area contributed by atoms with Gasteiger partial charge in [0, 0.05) is 23.6 Å². The van der Waals surface area contributed by atoms with Crippen LogP contribution in [-0.4, -0.2) is 11.7 Å². The molecule has 0 aromatic heterocycles. The fraction of sp³-hybridized carbons (Fsp3) is 0.333. The van der Waals surface area contributed by atoms with E-state index in [1.807, 2.05) is 0 Å². The largest absolute Gasteiger partial charge is 0.508 e. The van der Waals surface area contributed by atoms with Gasteiger partial charge in [-0.1, -0.05) is 11.6 Å². The van der Waals surface area contributed by atoms with Gasteiger partial charge in [-0.05, 0) is 31.2 Å². The molecule has 0 bridgehead atoms. The molecule has 0 radical (unpaired) electrons. The van der Waals surface area contributed by atoms with Crippen molar-refractivity contribution in [2.75, 3.05) is 6.54 Å². The third-order valence-electron chi connectivity index (χ3n) is 2.03. The number of phenols is 1. The SMILES string of the molecule is C#CCCCNCc1cc(Cl)ccc1O. The minimum absolute atomic E-state index is 0.267. The van der Waals surface area contributed by atoms with Crippen LogP contribution < -0.4 is 5.32 Å². The van der Waals surface area contributed by atoms with Crippen LogP contribution in [0.15, 0.2) is 18.2 Å². The second kappa shape index (κ2) is 6.34. The highest BCUT2D eigenvalue weighted by Crippen LogP contribution is 2.20. The number of rotatable bonds is 5. The summed E-state index contributed by atoms with van der Waals surface area (Å²) < 4.78 is 0. The number of hydrogen-bond donors (Lipinski definition) is 2. The summed E-state index contributed by atoms with van der Waals surface area (Å²) in [6.07, 6.45) is 6.85. The zero-order valence-electron chi connectivity index (χ0n) is 8.46. The van der Waals surface area contributed by atoms with Crippen LogP contribution in [-0.2, 0) is 6.54 Å². The van der Waals surface area contributed by atoms with Crippen molar-refractivity contribution < 1.29 is 5.11 Å². The molecule has 15 heavy (non-hydrogen) atoms. The van der Waals surface area contributed by atoms with Crippen molar-refractivity contribution in [1.29, 1.82) is 0 Å². The number of aromatic hydroxyl groups is 1. The minimum atomic E-state index is 0.267. The zero-order chi connectivity index (χ0) is 11.1. The first kappa shape index (κ1) is 11.9. The Labute approximate surface area is 95.3 Å². The molecule has 0 unspecified atom stereocenters. The Morgan fingerprint density at radius 1 is 1.47 bits per heavy atom. The van der Waals surface area contributed by atoms with Crippen LogP contribution in [0.2, 0.25) is 5.02 Å². The molecule has 2 nitrogen and oxygen atoms in total. The summed E-state index contributed by atoms with van der Waals surface area (Å²) in [5.41, 5.74) is 0.809. The third kappa shape index (κ3) is 4.24. The second-order valence-corrected chi connectivity index (χ2v) is 3.69. The fourth-order valence-electron chi connectivity index (χ4n) is 1.23. The van der Waals surface area contributed by atoms with Crippen LogP contribution in [0.5, 0.6) is 5.75 Å². The molecule has 2 N–H and O–H groups in total. The summed E-state index contributed by atoms with van der Waals surface area (Å²) in [7, 11) is 0. The summed E-state index contributed by atoms with van der Waals surface area (Å²) in [5, 5.41) is 13.3. The van der Waals surface area contributed by atoms with Crippen LogP contribution in [0.25, 0.3) is 0 Å². The van der Waals surface area contributed by atoms with Crippen LogP contribution in [0.1, 0.15) is 18.4 Å². The second-order valence-electron chi connectivity index (χ2n) is 3.26. The van der Waals surface area contributed by atoms with E-state index in [1.54, 1.807) is 18.2 Å². The number of phenolic OH excluding ortho intramolecular Hbond substituents is 1. The first-order chi connectivity index (χ1) is 7.24. The molecule has 0 saturated carbocycles. The molecule has 1 rings (SSSR count). The molecular weight excluding hydrogens is 210 g/mol. The number of hydrogen-bond acceptors (Lipinski definition) is 2. The topological polar surface area (TPSA) is 32.3 Å². The standard InChI is InChI=1S/C12H14ClNO/c1-2-3-4-7-14-9-10-8-11(13)5-6-12(10)15/h1,5-6,8,14-15H,3-4,7,9H2. The lowest BCUT2D eigenvalue weighted by atomic mass is 10.2. The Kier molecular flexibility index (Phi) is 5.03. The van der Waals surface area contributed by atoms with Gasteiger partial charge < -0.3 is 10.4 Å². The number of unbranched alkanes of at least 4 members (excludes halogenated alkanes) is 1. The first-order valence-corrected chi connectivity index (χ1v) is 5.23.